The molecule has 2 saturated heterocycles. The van der Waals surface area contributed by atoms with Gasteiger partial charge >= 0.3 is 0 Å². The van der Waals surface area contributed by atoms with E-state index in [0.717, 1.165) is 12.8 Å². The smallest absolute Gasteiger partial charge is 0.123 e. The maximum absolute atomic E-state index is 13.4. The highest BCUT2D eigenvalue weighted by molar-refractivity contribution is 9.10. The van der Waals surface area contributed by atoms with Crippen molar-refractivity contribution in [2.45, 2.75) is 37.6 Å². The van der Waals surface area contributed by atoms with Gasteiger partial charge in [-0.1, -0.05) is 15.9 Å². The molecule has 0 aliphatic carbocycles. The Hall–Kier alpha value is -0.960. The lowest BCUT2D eigenvalue weighted by Crippen LogP contribution is -2.37. The normalized spacial score (nSPS) is 34.2. The highest BCUT2D eigenvalue weighted by atomic mass is 79.9. The van der Waals surface area contributed by atoms with Crippen LogP contribution in [-0.2, 0) is 4.74 Å². The Morgan fingerprint density at radius 1 is 1.53 bits per heavy atom. The average molecular weight is 326 g/mol. The van der Waals surface area contributed by atoms with Crippen molar-refractivity contribution in [3.63, 3.8) is 0 Å². The van der Waals surface area contributed by atoms with Gasteiger partial charge in [0.15, 0.2) is 0 Å². The molecule has 100 valence electrons. The average Bonchev–Trinajstić information content (AvgIpc) is 3.01. The standard InChI is InChI=1S/C14H13BrFNO2/c15-11-3-1-8(16)5-10(11)13(18)14(7-17)6-9-2-4-12(14)19-9/h1,3,5,9,12-13,18H,2,4,6H2. The highest BCUT2D eigenvalue weighted by Crippen LogP contribution is 2.54. The summed E-state index contributed by atoms with van der Waals surface area (Å²) in [6.45, 7) is 0. The summed E-state index contributed by atoms with van der Waals surface area (Å²) in [6, 6.07) is 6.38. The SMILES string of the molecule is N#CC1(C(O)c2cc(F)ccc2Br)CC2CCC1O2. The van der Waals surface area contributed by atoms with E-state index in [1.165, 1.54) is 12.1 Å². The molecular weight excluding hydrogens is 313 g/mol. The number of benzene rings is 1. The van der Waals surface area contributed by atoms with E-state index in [1.54, 1.807) is 6.07 Å². The summed E-state index contributed by atoms with van der Waals surface area (Å²) in [5.74, 6) is -0.422. The summed E-state index contributed by atoms with van der Waals surface area (Å²) < 4.78 is 19.7. The van der Waals surface area contributed by atoms with Crippen LogP contribution in [0.15, 0.2) is 22.7 Å². The first-order valence-electron chi connectivity index (χ1n) is 6.26. The molecule has 3 rings (SSSR count). The van der Waals surface area contributed by atoms with E-state index < -0.39 is 17.3 Å². The minimum absolute atomic E-state index is 0.0478. The second kappa shape index (κ2) is 4.55. The summed E-state index contributed by atoms with van der Waals surface area (Å²) in [7, 11) is 0. The van der Waals surface area contributed by atoms with Crippen molar-refractivity contribution in [3.05, 3.63) is 34.1 Å². The number of nitriles is 1. The Bertz CT molecular complexity index is 559. The number of hydrogen-bond donors (Lipinski definition) is 1. The van der Waals surface area contributed by atoms with Crippen molar-refractivity contribution in [2.75, 3.05) is 0 Å². The lowest BCUT2D eigenvalue weighted by atomic mass is 9.69. The van der Waals surface area contributed by atoms with Crippen LogP contribution < -0.4 is 0 Å². The van der Waals surface area contributed by atoms with Crippen molar-refractivity contribution in [2.24, 2.45) is 5.41 Å². The lowest BCUT2D eigenvalue weighted by molar-refractivity contribution is 0.00292. The van der Waals surface area contributed by atoms with E-state index in [-0.39, 0.29) is 12.2 Å². The fourth-order valence-electron chi connectivity index (χ4n) is 3.21. The van der Waals surface area contributed by atoms with Crippen molar-refractivity contribution in [1.29, 1.82) is 5.26 Å². The van der Waals surface area contributed by atoms with E-state index in [1.807, 2.05) is 0 Å². The topological polar surface area (TPSA) is 53.2 Å². The van der Waals surface area contributed by atoms with Crippen LogP contribution in [0.3, 0.4) is 0 Å². The number of halogens is 2. The summed E-state index contributed by atoms with van der Waals surface area (Å²) in [5.41, 5.74) is -0.545. The maximum atomic E-state index is 13.4. The number of ether oxygens (including phenoxy) is 1. The Labute approximate surface area is 119 Å². The number of aliphatic hydroxyl groups excluding tert-OH is 1. The van der Waals surface area contributed by atoms with Gasteiger partial charge in [-0.15, -0.1) is 0 Å². The lowest BCUT2D eigenvalue weighted by Gasteiger charge is -2.33. The summed E-state index contributed by atoms with van der Waals surface area (Å²) in [4.78, 5) is 0. The number of aliphatic hydroxyl groups is 1. The molecule has 5 heteroatoms. The van der Waals surface area contributed by atoms with Gasteiger partial charge in [-0.2, -0.15) is 5.26 Å². The van der Waals surface area contributed by atoms with Crippen LogP contribution in [0.1, 0.15) is 30.9 Å². The van der Waals surface area contributed by atoms with E-state index in [4.69, 9.17) is 4.74 Å². The van der Waals surface area contributed by atoms with Crippen molar-refractivity contribution < 1.29 is 14.2 Å². The van der Waals surface area contributed by atoms with Gasteiger partial charge in [-0.25, -0.2) is 4.39 Å². The molecule has 4 atom stereocenters. The maximum Gasteiger partial charge on any atom is 0.123 e. The number of rotatable bonds is 2. The molecule has 2 aliphatic heterocycles. The third-order valence-corrected chi connectivity index (χ3v) is 4.92. The molecule has 1 aromatic rings. The first kappa shape index (κ1) is 13.0. The zero-order valence-electron chi connectivity index (χ0n) is 10.1. The molecule has 0 aromatic heterocycles. The fraction of sp³-hybridized carbons (Fsp3) is 0.500. The molecule has 19 heavy (non-hydrogen) atoms. The molecule has 0 saturated carbocycles. The molecule has 3 nitrogen and oxygen atoms in total. The van der Waals surface area contributed by atoms with Crippen LogP contribution in [0.5, 0.6) is 0 Å². The highest BCUT2D eigenvalue weighted by Gasteiger charge is 2.57. The second-order valence-corrected chi connectivity index (χ2v) is 6.10. The number of nitrogens with zero attached hydrogens (tertiary/aromatic N) is 1. The van der Waals surface area contributed by atoms with Crippen molar-refractivity contribution in [3.8, 4) is 6.07 Å². The van der Waals surface area contributed by atoms with Gasteiger partial charge in [0.2, 0.25) is 0 Å². The van der Waals surface area contributed by atoms with Crippen LogP contribution >= 0.6 is 15.9 Å². The zero-order valence-corrected chi connectivity index (χ0v) is 11.7. The van der Waals surface area contributed by atoms with E-state index in [9.17, 15) is 14.8 Å². The molecule has 0 radical (unpaired) electrons. The largest absolute Gasteiger partial charge is 0.387 e. The molecule has 2 fully saturated rings. The molecule has 2 bridgehead atoms. The third kappa shape index (κ3) is 1.90. The molecule has 1 aromatic carbocycles. The molecule has 4 unspecified atom stereocenters. The first-order chi connectivity index (χ1) is 9.06. The van der Waals surface area contributed by atoms with Crippen LogP contribution in [-0.4, -0.2) is 17.3 Å². The van der Waals surface area contributed by atoms with Gasteiger partial charge in [-0.05, 0) is 43.0 Å². The Balaban J connectivity index is 2.01. The van der Waals surface area contributed by atoms with Crippen molar-refractivity contribution in [1.82, 2.24) is 0 Å². The van der Waals surface area contributed by atoms with Gasteiger partial charge in [0.25, 0.3) is 0 Å². The molecule has 0 spiro atoms. The van der Waals surface area contributed by atoms with E-state index in [2.05, 4.69) is 22.0 Å². The minimum atomic E-state index is -1.04. The Kier molecular flexibility index (Phi) is 3.12. The molecular formula is C14H13BrFNO2. The van der Waals surface area contributed by atoms with Crippen LogP contribution in [0.2, 0.25) is 0 Å². The molecule has 2 aliphatic rings. The summed E-state index contributed by atoms with van der Waals surface area (Å²) in [5, 5.41) is 20.1. The molecule has 1 N–H and O–H groups in total. The monoisotopic (exact) mass is 325 g/mol. The van der Waals surface area contributed by atoms with Gasteiger partial charge in [0.1, 0.15) is 17.3 Å². The van der Waals surface area contributed by atoms with Gasteiger partial charge < -0.3 is 9.84 Å². The van der Waals surface area contributed by atoms with Crippen molar-refractivity contribution >= 4 is 15.9 Å². The quantitative estimate of drug-likeness (QED) is 0.909. The van der Waals surface area contributed by atoms with Gasteiger partial charge in [-0.3, -0.25) is 0 Å². The van der Waals surface area contributed by atoms with Crippen LogP contribution in [0, 0.1) is 22.6 Å². The zero-order chi connectivity index (χ0) is 13.6. The second-order valence-electron chi connectivity index (χ2n) is 5.25. The molecule has 0 amide bonds. The molecule has 2 heterocycles. The Morgan fingerprint density at radius 2 is 2.32 bits per heavy atom. The predicted molar refractivity (Wildman–Crippen MR) is 69.6 cm³/mol. The van der Waals surface area contributed by atoms with Gasteiger partial charge in [0.05, 0.1) is 18.3 Å². The minimum Gasteiger partial charge on any atom is -0.387 e. The summed E-state index contributed by atoms with van der Waals surface area (Å²) >= 11 is 3.31. The number of hydrogen-bond acceptors (Lipinski definition) is 3. The summed E-state index contributed by atoms with van der Waals surface area (Å²) in [6.07, 6.45) is 0.975. The van der Waals surface area contributed by atoms with Gasteiger partial charge in [0, 0.05) is 4.47 Å². The van der Waals surface area contributed by atoms with Crippen LogP contribution in [0.25, 0.3) is 0 Å². The third-order valence-electron chi connectivity index (χ3n) is 4.20. The van der Waals surface area contributed by atoms with Crippen LogP contribution in [0.4, 0.5) is 4.39 Å². The van der Waals surface area contributed by atoms with E-state index in [0.29, 0.717) is 16.5 Å². The Morgan fingerprint density at radius 3 is 2.89 bits per heavy atom. The number of fused-ring (bicyclic) bond motifs is 2. The first-order valence-corrected chi connectivity index (χ1v) is 7.06. The van der Waals surface area contributed by atoms with E-state index >= 15 is 0 Å². The predicted octanol–water partition coefficient (Wildman–Crippen LogP) is 3.08. The fourth-order valence-corrected chi connectivity index (χ4v) is 3.67.